The van der Waals surface area contributed by atoms with E-state index in [0.717, 1.165) is 15.8 Å². The molecule has 4 aromatic rings. The number of hydrogen-bond acceptors (Lipinski definition) is 4. The van der Waals surface area contributed by atoms with Crippen LogP contribution in [-0.4, -0.2) is 20.1 Å². The standard InChI is InChI=1S/C20H20N4O2S/c1-12(15-7-5-4-6-8-15)21-19(25)13(2)24-20(26)17-11-18-16(9-10-27-18)23(17)14(3)22-24/h4-13H,1-3H3,(H,21,25)/t12-,13+/m1/s1. The van der Waals surface area contributed by atoms with Gasteiger partial charge in [0.1, 0.15) is 17.4 Å². The first kappa shape index (κ1) is 17.5. The molecule has 1 aromatic carbocycles. The summed E-state index contributed by atoms with van der Waals surface area (Å²) in [4.78, 5) is 25.7. The van der Waals surface area contributed by atoms with Crippen LogP contribution in [0, 0.1) is 6.92 Å². The van der Waals surface area contributed by atoms with Crippen LogP contribution in [0.2, 0.25) is 0 Å². The van der Waals surface area contributed by atoms with Gasteiger partial charge in [-0.3, -0.25) is 14.0 Å². The highest BCUT2D eigenvalue weighted by atomic mass is 32.1. The number of aromatic nitrogens is 3. The highest BCUT2D eigenvalue weighted by molar-refractivity contribution is 7.17. The molecule has 2 atom stereocenters. The number of thiophene rings is 1. The van der Waals surface area contributed by atoms with Crippen molar-refractivity contribution in [2.45, 2.75) is 32.9 Å². The van der Waals surface area contributed by atoms with E-state index in [-0.39, 0.29) is 17.5 Å². The second-order valence-corrected chi connectivity index (χ2v) is 7.60. The van der Waals surface area contributed by atoms with Gasteiger partial charge in [0.15, 0.2) is 0 Å². The molecule has 0 radical (unpaired) electrons. The van der Waals surface area contributed by atoms with Crippen molar-refractivity contribution < 1.29 is 4.79 Å². The van der Waals surface area contributed by atoms with E-state index in [1.54, 1.807) is 18.3 Å². The van der Waals surface area contributed by atoms with Crippen LogP contribution >= 0.6 is 11.3 Å². The Hall–Kier alpha value is -2.93. The van der Waals surface area contributed by atoms with Crippen molar-refractivity contribution in [1.29, 1.82) is 0 Å². The van der Waals surface area contributed by atoms with Crippen LogP contribution in [0.4, 0.5) is 0 Å². The Morgan fingerprint density at radius 1 is 1.15 bits per heavy atom. The number of carbonyl (C=O) groups excluding carboxylic acids is 1. The lowest BCUT2D eigenvalue weighted by molar-refractivity contribution is -0.124. The smallest absolute Gasteiger partial charge is 0.291 e. The SMILES string of the molecule is Cc1nn([C@@H](C)C(=O)N[C@H](C)c2ccccc2)c(=O)c2cc3sccc3n12. The monoisotopic (exact) mass is 380 g/mol. The lowest BCUT2D eigenvalue weighted by Gasteiger charge is -2.19. The molecule has 1 N–H and O–H groups in total. The summed E-state index contributed by atoms with van der Waals surface area (Å²) in [5.74, 6) is 0.437. The molecular formula is C20H20N4O2S. The van der Waals surface area contributed by atoms with Crippen LogP contribution in [0.3, 0.4) is 0 Å². The third-order valence-corrected chi connectivity index (χ3v) is 5.68. The minimum Gasteiger partial charge on any atom is -0.348 e. The van der Waals surface area contributed by atoms with Gasteiger partial charge >= 0.3 is 0 Å². The van der Waals surface area contributed by atoms with Crippen molar-refractivity contribution in [3.63, 3.8) is 0 Å². The molecule has 1 amide bonds. The molecule has 27 heavy (non-hydrogen) atoms. The van der Waals surface area contributed by atoms with Crippen molar-refractivity contribution in [2.24, 2.45) is 0 Å². The van der Waals surface area contributed by atoms with Crippen LogP contribution in [0.5, 0.6) is 0 Å². The fourth-order valence-electron chi connectivity index (χ4n) is 3.33. The molecule has 3 heterocycles. The lowest BCUT2D eigenvalue weighted by atomic mass is 10.1. The normalized spacial score (nSPS) is 13.7. The number of nitrogens with one attached hydrogen (secondary N) is 1. The summed E-state index contributed by atoms with van der Waals surface area (Å²) in [7, 11) is 0. The molecule has 6 nitrogen and oxygen atoms in total. The summed E-state index contributed by atoms with van der Waals surface area (Å²) in [6.45, 7) is 5.46. The van der Waals surface area contributed by atoms with Crippen LogP contribution < -0.4 is 10.9 Å². The number of fused-ring (bicyclic) bond motifs is 3. The van der Waals surface area contributed by atoms with E-state index in [1.807, 2.05) is 66.1 Å². The van der Waals surface area contributed by atoms with Gasteiger partial charge in [-0.05, 0) is 43.8 Å². The number of hydrogen-bond donors (Lipinski definition) is 1. The summed E-state index contributed by atoms with van der Waals surface area (Å²) in [5, 5.41) is 9.37. The van der Waals surface area contributed by atoms with Crippen molar-refractivity contribution >= 4 is 33.0 Å². The maximum atomic E-state index is 13.0. The lowest BCUT2D eigenvalue weighted by Crippen LogP contribution is -2.39. The minimum absolute atomic E-state index is 0.152. The van der Waals surface area contributed by atoms with E-state index >= 15 is 0 Å². The first-order valence-electron chi connectivity index (χ1n) is 8.81. The van der Waals surface area contributed by atoms with E-state index in [0.29, 0.717) is 11.3 Å². The van der Waals surface area contributed by atoms with Gasteiger partial charge in [-0.25, -0.2) is 4.68 Å². The third kappa shape index (κ3) is 2.94. The summed E-state index contributed by atoms with van der Waals surface area (Å²) < 4.78 is 4.16. The average Bonchev–Trinajstić information content (AvgIpc) is 3.26. The van der Waals surface area contributed by atoms with Gasteiger partial charge in [-0.1, -0.05) is 30.3 Å². The molecule has 4 rings (SSSR count). The van der Waals surface area contributed by atoms with E-state index in [4.69, 9.17) is 0 Å². The van der Waals surface area contributed by atoms with Gasteiger partial charge in [-0.15, -0.1) is 11.3 Å². The van der Waals surface area contributed by atoms with E-state index in [1.165, 1.54) is 4.68 Å². The first-order chi connectivity index (χ1) is 13.0. The Morgan fingerprint density at radius 2 is 1.89 bits per heavy atom. The molecule has 138 valence electrons. The maximum Gasteiger partial charge on any atom is 0.291 e. The number of amides is 1. The second-order valence-electron chi connectivity index (χ2n) is 6.65. The van der Waals surface area contributed by atoms with E-state index in [9.17, 15) is 9.59 Å². The summed E-state index contributed by atoms with van der Waals surface area (Å²) in [5.41, 5.74) is 2.26. The molecule has 0 saturated carbocycles. The van der Waals surface area contributed by atoms with Gasteiger partial charge in [0.05, 0.1) is 16.3 Å². The fraction of sp³-hybridized carbons (Fsp3) is 0.250. The topological polar surface area (TPSA) is 68.4 Å². The highest BCUT2D eigenvalue weighted by Gasteiger charge is 2.22. The minimum atomic E-state index is -0.708. The number of carbonyl (C=O) groups is 1. The zero-order chi connectivity index (χ0) is 19.1. The molecule has 0 unspecified atom stereocenters. The molecule has 0 aliphatic carbocycles. The Bertz CT molecular complexity index is 1190. The molecule has 0 saturated heterocycles. The summed E-state index contributed by atoms with van der Waals surface area (Å²) in [6.07, 6.45) is 0. The second kappa shape index (κ2) is 6.66. The Morgan fingerprint density at radius 3 is 2.63 bits per heavy atom. The van der Waals surface area contributed by atoms with E-state index < -0.39 is 6.04 Å². The van der Waals surface area contributed by atoms with Crippen molar-refractivity contribution in [3.05, 3.63) is 69.6 Å². The quantitative estimate of drug-likeness (QED) is 0.590. The largest absolute Gasteiger partial charge is 0.348 e. The zero-order valence-corrected chi connectivity index (χ0v) is 16.2. The Balaban J connectivity index is 1.68. The fourth-order valence-corrected chi connectivity index (χ4v) is 4.13. The molecule has 0 bridgehead atoms. The zero-order valence-electron chi connectivity index (χ0n) is 15.3. The first-order valence-corrected chi connectivity index (χ1v) is 9.68. The van der Waals surface area contributed by atoms with Crippen LogP contribution in [0.1, 0.15) is 37.3 Å². The van der Waals surface area contributed by atoms with Gasteiger partial charge in [0.2, 0.25) is 5.91 Å². The molecule has 0 spiro atoms. The van der Waals surface area contributed by atoms with Crippen molar-refractivity contribution in [2.75, 3.05) is 0 Å². The summed E-state index contributed by atoms with van der Waals surface area (Å²) >= 11 is 1.58. The predicted octanol–water partition coefficient (Wildman–Crippen LogP) is 3.46. The number of aryl methyl sites for hydroxylation is 1. The molecule has 0 fully saturated rings. The number of benzene rings is 1. The van der Waals surface area contributed by atoms with Gasteiger partial charge in [0, 0.05) is 0 Å². The molecule has 7 heteroatoms. The molecular weight excluding hydrogens is 360 g/mol. The van der Waals surface area contributed by atoms with Crippen LogP contribution in [0.25, 0.3) is 15.7 Å². The Kier molecular flexibility index (Phi) is 4.31. The number of rotatable bonds is 4. The maximum absolute atomic E-state index is 13.0. The van der Waals surface area contributed by atoms with Crippen LogP contribution in [0.15, 0.2) is 52.6 Å². The predicted molar refractivity (Wildman–Crippen MR) is 107 cm³/mol. The Labute approximate surface area is 160 Å². The van der Waals surface area contributed by atoms with Crippen LogP contribution in [-0.2, 0) is 4.79 Å². The van der Waals surface area contributed by atoms with Crippen molar-refractivity contribution in [1.82, 2.24) is 19.5 Å². The van der Waals surface area contributed by atoms with Crippen molar-refractivity contribution in [3.8, 4) is 0 Å². The average molecular weight is 380 g/mol. The molecule has 3 aromatic heterocycles. The molecule has 0 aliphatic rings. The highest BCUT2D eigenvalue weighted by Crippen LogP contribution is 2.24. The van der Waals surface area contributed by atoms with Gasteiger partial charge in [-0.2, -0.15) is 5.10 Å². The number of nitrogens with zero attached hydrogens (tertiary/aromatic N) is 3. The van der Waals surface area contributed by atoms with Gasteiger partial charge < -0.3 is 5.32 Å². The van der Waals surface area contributed by atoms with E-state index in [2.05, 4.69) is 10.4 Å². The third-order valence-electron chi connectivity index (χ3n) is 4.83. The van der Waals surface area contributed by atoms with Gasteiger partial charge in [0.25, 0.3) is 5.56 Å². The summed E-state index contributed by atoms with van der Waals surface area (Å²) in [6, 6.07) is 12.7. The molecule has 0 aliphatic heterocycles.